The lowest BCUT2D eigenvalue weighted by Gasteiger charge is -2.17. The topological polar surface area (TPSA) is 59.8 Å². The smallest absolute Gasteiger partial charge is 0.374 e. The van der Waals surface area contributed by atoms with E-state index < -0.39 is 5.97 Å². The quantitative estimate of drug-likeness (QED) is 0.767. The number of amides is 1. The number of carbonyl (C=O) groups excluding carboxylic acids is 2. The number of carbonyl (C=O) groups is 2. The Morgan fingerprint density at radius 3 is 2.52 bits per heavy atom. The van der Waals surface area contributed by atoms with Crippen LogP contribution in [0.4, 0.5) is 0 Å². The van der Waals surface area contributed by atoms with Crippen molar-refractivity contribution in [3.63, 3.8) is 0 Å². The summed E-state index contributed by atoms with van der Waals surface area (Å²) in [4.78, 5) is 25.1. The predicted molar refractivity (Wildman–Crippen MR) is 86.7 cm³/mol. The van der Waals surface area contributed by atoms with Crippen molar-refractivity contribution in [2.45, 2.75) is 13.5 Å². The van der Waals surface area contributed by atoms with Gasteiger partial charge >= 0.3 is 5.97 Å². The van der Waals surface area contributed by atoms with Gasteiger partial charge in [-0.25, -0.2) is 4.79 Å². The summed E-state index contributed by atoms with van der Waals surface area (Å²) >= 11 is 11.8. The standard InChI is InChI=1S/C16H15Cl2NO4/c1-10-3-6-14(23-10)16(21)22-9-15(20)19(2)8-11-4-5-12(17)13(18)7-11/h3-7H,8-9H2,1-2H3. The second-order valence-corrected chi connectivity index (χ2v) is 5.80. The van der Waals surface area contributed by atoms with Crippen LogP contribution in [0, 0.1) is 6.92 Å². The zero-order chi connectivity index (χ0) is 17.0. The van der Waals surface area contributed by atoms with E-state index in [1.807, 2.05) is 0 Å². The molecule has 0 spiro atoms. The molecule has 0 aliphatic rings. The summed E-state index contributed by atoms with van der Waals surface area (Å²) in [6, 6.07) is 8.27. The Balaban J connectivity index is 1.87. The average molecular weight is 356 g/mol. The van der Waals surface area contributed by atoms with Crippen molar-refractivity contribution in [3.8, 4) is 0 Å². The number of likely N-dealkylation sites (N-methyl/N-ethyl adjacent to an activating group) is 1. The molecule has 0 fully saturated rings. The molecule has 2 rings (SSSR count). The molecule has 0 bridgehead atoms. The van der Waals surface area contributed by atoms with Gasteiger partial charge in [-0.15, -0.1) is 0 Å². The first-order valence-corrected chi connectivity index (χ1v) is 7.54. The lowest BCUT2D eigenvalue weighted by atomic mass is 10.2. The largest absolute Gasteiger partial charge is 0.454 e. The Morgan fingerprint density at radius 1 is 1.17 bits per heavy atom. The molecular formula is C16H15Cl2NO4. The van der Waals surface area contributed by atoms with Gasteiger partial charge in [-0.05, 0) is 36.8 Å². The molecule has 0 N–H and O–H groups in total. The lowest BCUT2D eigenvalue weighted by molar-refractivity contribution is -0.133. The molecule has 1 amide bonds. The van der Waals surface area contributed by atoms with Gasteiger partial charge in [0, 0.05) is 13.6 Å². The van der Waals surface area contributed by atoms with Gasteiger partial charge < -0.3 is 14.1 Å². The Labute approximate surface area is 143 Å². The Hall–Kier alpha value is -1.98. The van der Waals surface area contributed by atoms with E-state index in [0.29, 0.717) is 22.4 Å². The average Bonchev–Trinajstić information content (AvgIpc) is 2.94. The van der Waals surface area contributed by atoms with Gasteiger partial charge in [-0.2, -0.15) is 0 Å². The molecule has 122 valence electrons. The monoisotopic (exact) mass is 355 g/mol. The van der Waals surface area contributed by atoms with Crippen LogP contribution in [-0.4, -0.2) is 30.4 Å². The van der Waals surface area contributed by atoms with Gasteiger partial charge in [-0.3, -0.25) is 4.79 Å². The van der Waals surface area contributed by atoms with E-state index in [2.05, 4.69) is 0 Å². The summed E-state index contributed by atoms with van der Waals surface area (Å²) in [5, 5.41) is 0.872. The summed E-state index contributed by atoms with van der Waals surface area (Å²) < 4.78 is 10.1. The Morgan fingerprint density at radius 2 is 1.91 bits per heavy atom. The minimum Gasteiger partial charge on any atom is -0.454 e. The van der Waals surface area contributed by atoms with E-state index >= 15 is 0 Å². The minimum atomic E-state index is -0.672. The molecule has 23 heavy (non-hydrogen) atoms. The third-order valence-corrected chi connectivity index (χ3v) is 3.84. The maximum Gasteiger partial charge on any atom is 0.374 e. The van der Waals surface area contributed by atoms with Crippen LogP contribution in [0.2, 0.25) is 10.0 Å². The first-order valence-electron chi connectivity index (χ1n) is 6.78. The van der Waals surface area contributed by atoms with Gasteiger partial charge in [0.05, 0.1) is 10.0 Å². The zero-order valence-corrected chi connectivity index (χ0v) is 14.1. The van der Waals surface area contributed by atoms with Crippen LogP contribution in [0.15, 0.2) is 34.7 Å². The van der Waals surface area contributed by atoms with Crippen LogP contribution in [0.5, 0.6) is 0 Å². The Kier molecular flexibility index (Phi) is 5.69. The molecule has 1 aromatic heterocycles. The maximum absolute atomic E-state index is 12.0. The molecule has 1 aromatic carbocycles. The molecule has 0 aliphatic heterocycles. The second kappa shape index (κ2) is 7.53. The molecule has 0 atom stereocenters. The summed E-state index contributed by atoms with van der Waals surface area (Å²) in [6.45, 7) is 1.68. The highest BCUT2D eigenvalue weighted by Gasteiger charge is 2.16. The summed E-state index contributed by atoms with van der Waals surface area (Å²) in [7, 11) is 1.61. The first kappa shape index (κ1) is 17.4. The fourth-order valence-electron chi connectivity index (χ4n) is 1.85. The van der Waals surface area contributed by atoms with Crippen molar-refractivity contribution < 1.29 is 18.7 Å². The lowest BCUT2D eigenvalue weighted by Crippen LogP contribution is -2.30. The highest BCUT2D eigenvalue weighted by Crippen LogP contribution is 2.23. The highest BCUT2D eigenvalue weighted by atomic mass is 35.5. The van der Waals surface area contributed by atoms with E-state index in [4.69, 9.17) is 32.4 Å². The van der Waals surface area contributed by atoms with Crippen LogP contribution in [0.3, 0.4) is 0 Å². The number of hydrogen-bond acceptors (Lipinski definition) is 4. The number of aryl methyl sites for hydroxylation is 1. The molecule has 0 radical (unpaired) electrons. The number of halogens is 2. The van der Waals surface area contributed by atoms with E-state index in [1.54, 1.807) is 38.2 Å². The van der Waals surface area contributed by atoms with Crippen molar-refractivity contribution in [1.82, 2.24) is 4.90 Å². The van der Waals surface area contributed by atoms with Crippen LogP contribution in [0.1, 0.15) is 21.9 Å². The summed E-state index contributed by atoms with van der Waals surface area (Å²) in [5.41, 5.74) is 0.822. The van der Waals surface area contributed by atoms with Crippen LogP contribution >= 0.6 is 23.2 Å². The van der Waals surface area contributed by atoms with Crippen LogP contribution in [0.25, 0.3) is 0 Å². The molecule has 0 saturated heterocycles. The molecule has 2 aromatic rings. The molecule has 7 heteroatoms. The normalized spacial score (nSPS) is 10.4. The number of nitrogens with zero attached hydrogens (tertiary/aromatic N) is 1. The van der Waals surface area contributed by atoms with Gasteiger partial charge in [-0.1, -0.05) is 29.3 Å². The van der Waals surface area contributed by atoms with Gasteiger partial charge in [0.15, 0.2) is 6.61 Å². The van der Waals surface area contributed by atoms with Crippen molar-refractivity contribution in [2.24, 2.45) is 0 Å². The fraction of sp³-hybridized carbons (Fsp3) is 0.250. The van der Waals surface area contributed by atoms with Crippen molar-refractivity contribution in [1.29, 1.82) is 0 Å². The third kappa shape index (κ3) is 4.74. The predicted octanol–water partition coefficient (Wildman–Crippen LogP) is 3.71. The molecule has 5 nitrogen and oxygen atoms in total. The Bertz CT molecular complexity index is 727. The SMILES string of the molecule is Cc1ccc(C(=O)OCC(=O)N(C)Cc2ccc(Cl)c(Cl)c2)o1. The number of hydrogen-bond donors (Lipinski definition) is 0. The molecule has 1 heterocycles. The van der Waals surface area contributed by atoms with Crippen LogP contribution in [-0.2, 0) is 16.1 Å². The van der Waals surface area contributed by atoms with Gasteiger partial charge in [0.25, 0.3) is 5.91 Å². The zero-order valence-electron chi connectivity index (χ0n) is 12.6. The molecule has 0 unspecified atom stereocenters. The van der Waals surface area contributed by atoms with Crippen molar-refractivity contribution >= 4 is 35.1 Å². The van der Waals surface area contributed by atoms with Gasteiger partial charge in [0.1, 0.15) is 5.76 Å². The summed E-state index contributed by atoms with van der Waals surface area (Å²) in [6.07, 6.45) is 0. The molecular weight excluding hydrogens is 341 g/mol. The fourth-order valence-corrected chi connectivity index (χ4v) is 2.17. The van der Waals surface area contributed by atoms with E-state index in [0.717, 1.165) is 5.56 Å². The van der Waals surface area contributed by atoms with E-state index in [9.17, 15) is 9.59 Å². The maximum atomic E-state index is 12.0. The molecule has 0 saturated carbocycles. The van der Waals surface area contributed by atoms with Crippen LogP contribution < -0.4 is 0 Å². The number of benzene rings is 1. The van der Waals surface area contributed by atoms with Gasteiger partial charge in [0.2, 0.25) is 5.76 Å². The molecule has 0 aliphatic carbocycles. The van der Waals surface area contributed by atoms with Crippen molar-refractivity contribution in [3.05, 3.63) is 57.5 Å². The summed E-state index contributed by atoms with van der Waals surface area (Å²) in [5.74, 6) is -0.343. The number of rotatable bonds is 5. The highest BCUT2D eigenvalue weighted by molar-refractivity contribution is 6.42. The van der Waals surface area contributed by atoms with Crippen molar-refractivity contribution in [2.75, 3.05) is 13.7 Å². The minimum absolute atomic E-state index is 0.0717. The number of furan rings is 1. The van der Waals surface area contributed by atoms with E-state index in [-0.39, 0.29) is 18.3 Å². The first-order chi connectivity index (χ1) is 10.9. The second-order valence-electron chi connectivity index (χ2n) is 4.98. The number of ether oxygens (including phenoxy) is 1. The number of esters is 1. The third-order valence-electron chi connectivity index (χ3n) is 3.10. The van der Waals surface area contributed by atoms with E-state index in [1.165, 1.54) is 11.0 Å².